The standard InChI is InChI=1S/C14H22N2O2S.ClH/c1-4-18-12-5-7-13(8-6-12)19-11-14(17)16(3)10-9-15-2;/h5-8,15H,4,9-11H2,1-3H3;1H. The van der Waals surface area contributed by atoms with Crippen molar-refractivity contribution in [2.45, 2.75) is 11.8 Å². The monoisotopic (exact) mass is 318 g/mol. The van der Waals surface area contributed by atoms with Gasteiger partial charge >= 0.3 is 0 Å². The number of thioether (sulfide) groups is 1. The van der Waals surface area contributed by atoms with Crippen molar-refractivity contribution in [1.82, 2.24) is 10.2 Å². The van der Waals surface area contributed by atoms with Gasteiger partial charge in [-0.05, 0) is 38.2 Å². The summed E-state index contributed by atoms with van der Waals surface area (Å²) in [5.41, 5.74) is 0. The van der Waals surface area contributed by atoms with Gasteiger partial charge in [-0.25, -0.2) is 0 Å². The normalized spacial score (nSPS) is 9.75. The Labute approximate surface area is 131 Å². The van der Waals surface area contributed by atoms with Crippen LogP contribution in [0.5, 0.6) is 5.75 Å². The van der Waals surface area contributed by atoms with Crippen molar-refractivity contribution in [1.29, 1.82) is 0 Å². The van der Waals surface area contributed by atoms with Gasteiger partial charge in [-0.2, -0.15) is 0 Å². The van der Waals surface area contributed by atoms with Crippen molar-refractivity contribution in [3.05, 3.63) is 24.3 Å². The molecule has 0 aliphatic rings. The third-order valence-corrected chi connectivity index (χ3v) is 3.62. The molecule has 1 aromatic rings. The van der Waals surface area contributed by atoms with Gasteiger partial charge in [0.15, 0.2) is 0 Å². The zero-order chi connectivity index (χ0) is 14.1. The molecule has 0 spiro atoms. The minimum Gasteiger partial charge on any atom is -0.494 e. The maximum absolute atomic E-state index is 11.8. The van der Waals surface area contributed by atoms with Crippen molar-refractivity contribution in [3.8, 4) is 5.75 Å². The van der Waals surface area contributed by atoms with E-state index in [0.29, 0.717) is 12.4 Å². The van der Waals surface area contributed by atoms with E-state index in [1.165, 1.54) is 0 Å². The van der Waals surface area contributed by atoms with Gasteiger partial charge in [0, 0.05) is 25.0 Å². The first-order valence-corrected chi connectivity index (χ1v) is 7.40. The van der Waals surface area contributed by atoms with Crippen LogP contribution in [0.4, 0.5) is 0 Å². The highest BCUT2D eigenvalue weighted by Crippen LogP contribution is 2.21. The van der Waals surface area contributed by atoms with Gasteiger partial charge in [0.2, 0.25) is 5.91 Å². The molecule has 1 amide bonds. The molecule has 1 rings (SSSR count). The molecule has 0 aliphatic heterocycles. The van der Waals surface area contributed by atoms with Crippen molar-refractivity contribution in [3.63, 3.8) is 0 Å². The van der Waals surface area contributed by atoms with E-state index in [9.17, 15) is 4.79 Å². The lowest BCUT2D eigenvalue weighted by atomic mass is 10.3. The molecule has 0 atom stereocenters. The predicted molar refractivity (Wildman–Crippen MR) is 87.1 cm³/mol. The molecule has 0 fully saturated rings. The van der Waals surface area contributed by atoms with Crippen LogP contribution in [-0.2, 0) is 4.79 Å². The number of hydrogen-bond donors (Lipinski definition) is 1. The summed E-state index contributed by atoms with van der Waals surface area (Å²) >= 11 is 1.55. The molecule has 1 N–H and O–H groups in total. The Hall–Kier alpha value is -0.910. The van der Waals surface area contributed by atoms with E-state index in [4.69, 9.17) is 4.74 Å². The second kappa shape index (κ2) is 10.8. The number of likely N-dealkylation sites (N-methyl/N-ethyl adjacent to an activating group) is 2. The Bertz CT molecular complexity index is 387. The molecule has 0 aliphatic carbocycles. The number of nitrogens with one attached hydrogen (secondary N) is 1. The highest BCUT2D eigenvalue weighted by Gasteiger charge is 2.08. The topological polar surface area (TPSA) is 41.6 Å². The van der Waals surface area contributed by atoms with Crippen LogP contribution >= 0.6 is 24.2 Å². The second-order valence-corrected chi connectivity index (χ2v) is 5.16. The Morgan fingerprint density at radius 3 is 2.55 bits per heavy atom. The van der Waals surface area contributed by atoms with Crippen molar-refractivity contribution >= 4 is 30.1 Å². The fourth-order valence-electron chi connectivity index (χ4n) is 1.46. The van der Waals surface area contributed by atoms with Crippen molar-refractivity contribution in [2.24, 2.45) is 0 Å². The van der Waals surface area contributed by atoms with Gasteiger partial charge in [-0.1, -0.05) is 0 Å². The summed E-state index contributed by atoms with van der Waals surface area (Å²) in [5, 5.41) is 3.03. The fourth-order valence-corrected chi connectivity index (χ4v) is 2.30. The Kier molecular flexibility index (Phi) is 10.3. The summed E-state index contributed by atoms with van der Waals surface area (Å²) in [4.78, 5) is 14.7. The molecule has 0 bridgehead atoms. The zero-order valence-corrected chi connectivity index (χ0v) is 13.9. The lowest BCUT2D eigenvalue weighted by Crippen LogP contribution is -2.33. The second-order valence-electron chi connectivity index (χ2n) is 4.11. The van der Waals surface area contributed by atoms with Gasteiger partial charge in [0.1, 0.15) is 5.75 Å². The number of benzene rings is 1. The van der Waals surface area contributed by atoms with E-state index in [-0.39, 0.29) is 18.3 Å². The molecule has 0 heterocycles. The first-order valence-electron chi connectivity index (χ1n) is 6.41. The molecule has 20 heavy (non-hydrogen) atoms. The number of nitrogens with zero attached hydrogens (tertiary/aromatic N) is 1. The largest absolute Gasteiger partial charge is 0.494 e. The van der Waals surface area contributed by atoms with Gasteiger partial charge in [0.25, 0.3) is 0 Å². The lowest BCUT2D eigenvalue weighted by Gasteiger charge is -2.16. The van der Waals surface area contributed by atoms with Crippen LogP contribution in [0.25, 0.3) is 0 Å². The molecule has 0 aromatic heterocycles. The minimum absolute atomic E-state index is 0. The highest BCUT2D eigenvalue weighted by atomic mass is 35.5. The number of carbonyl (C=O) groups is 1. The zero-order valence-electron chi connectivity index (χ0n) is 12.2. The van der Waals surface area contributed by atoms with Gasteiger partial charge in [-0.15, -0.1) is 24.2 Å². The number of ether oxygens (including phenoxy) is 1. The number of carbonyl (C=O) groups excluding carboxylic acids is 1. The van der Waals surface area contributed by atoms with E-state index in [2.05, 4.69) is 5.32 Å². The van der Waals surface area contributed by atoms with Crippen molar-refractivity contribution < 1.29 is 9.53 Å². The van der Waals surface area contributed by atoms with Crippen LogP contribution < -0.4 is 10.1 Å². The van der Waals surface area contributed by atoms with Gasteiger partial charge in [-0.3, -0.25) is 4.79 Å². The molecule has 6 heteroatoms. The maximum Gasteiger partial charge on any atom is 0.232 e. The number of hydrogen-bond acceptors (Lipinski definition) is 4. The molecular weight excluding hydrogens is 296 g/mol. The molecule has 1 aromatic carbocycles. The molecule has 0 saturated heterocycles. The first-order chi connectivity index (χ1) is 9.17. The molecule has 114 valence electrons. The van der Waals surface area contributed by atoms with Gasteiger partial charge in [0.05, 0.1) is 12.4 Å². The van der Waals surface area contributed by atoms with Crippen LogP contribution in [0.2, 0.25) is 0 Å². The van der Waals surface area contributed by atoms with Crippen molar-refractivity contribution in [2.75, 3.05) is 39.5 Å². The summed E-state index contributed by atoms with van der Waals surface area (Å²) in [6.07, 6.45) is 0. The van der Waals surface area contributed by atoms with Crippen LogP contribution in [0.1, 0.15) is 6.92 Å². The molecule has 0 radical (unpaired) electrons. The van der Waals surface area contributed by atoms with E-state index < -0.39 is 0 Å². The third-order valence-electron chi connectivity index (χ3n) is 2.62. The predicted octanol–water partition coefficient (Wildman–Crippen LogP) is 2.28. The average Bonchev–Trinajstić information content (AvgIpc) is 2.44. The molecule has 0 saturated carbocycles. The Morgan fingerprint density at radius 1 is 1.35 bits per heavy atom. The number of amides is 1. The van der Waals surface area contributed by atoms with Gasteiger partial charge < -0.3 is 15.0 Å². The minimum atomic E-state index is 0. The van der Waals surface area contributed by atoms with E-state index in [0.717, 1.165) is 23.7 Å². The Balaban J connectivity index is 0.00000361. The summed E-state index contributed by atoms with van der Waals surface area (Å²) in [7, 11) is 3.71. The Morgan fingerprint density at radius 2 is 2.00 bits per heavy atom. The fraction of sp³-hybridized carbons (Fsp3) is 0.500. The van der Waals surface area contributed by atoms with Crippen LogP contribution in [0.15, 0.2) is 29.2 Å². The smallest absolute Gasteiger partial charge is 0.232 e. The summed E-state index contributed by atoms with van der Waals surface area (Å²) in [6.45, 7) is 4.18. The number of halogens is 1. The van der Waals surface area contributed by atoms with E-state index >= 15 is 0 Å². The molecule has 4 nitrogen and oxygen atoms in total. The van der Waals surface area contributed by atoms with Crippen LogP contribution in [0, 0.1) is 0 Å². The SMILES string of the molecule is CCOc1ccc(SCC(=O)N(C)CCNC)cc1.Cl. The molecule has 0 unspecified atom stereocenters. The summed E-state index contributed by atoms with van der Waals surface area (Å²) in [5.74, 6) is 1.48. The lowest BCUT2D eigenvalue weighted by molar-refractivity contribution is -0.127. The maximum atomic E-state index is 11.8. The quantitative estimate of drug-likeness (QED) is 0.747. The first kappa shape index (κ1) is 19.1. The van der Waals surface area contributed by atoms with Crippen LogP contribution in [0.3, 0.4) is 0 Å². The average molecular weight is 319 g/mol. The van der Waals surface area contributed by atoms with E-state index in [1.54, 1.807) is 16.7 Å². The van der Waals surface area contributed by atoms with Crippen LogP contribution in [-0.4, -0.2) is 50.4 Å². The van der Waals surface area contributed by atoms with E-state index in [1.807, 2.05) is 45.3 Å². The third kappa shape index (κ3) is 7.03. The summed E-state index contributed by atoms with van der Waals surface area (Å²) < 4.78 is 5.38. The molecular formula is C14H23ClN2O2S. The highest BCUT2D eigenvalue weighted by molar-refractivity contribution is 8.00. The number of rotatable bonds is 8. The summed E-state index contributed by atoms with van der Waals surface area (Å²) in [6, 6.07) is 7.83.